The fourth-order valence-electron chi connectivity index (χ4n) is 4.69. The van der Waals surface area contributed by atoms with E-state index in [0.29, 0.717) is 29.7 Å². The molecule has 0 radical (unpaired) electrons. The lowest BCUT2D eigenvalue weighted by molar-refractivity contribution is 0.0869. The Balaban J connectivity index is 2.21. The van der Waals surface area contributed by atoms with Crippen molar-refractivity contribution in [2.45, 2.75) is 69.7 Å². The lowest BCUT2D eigenvalue weighted by atomic mass is 9.65. The first-order valence-electron chi connectivity index (χ1n) is 8.45. The van der Waals surface area contributed by atoms with Gasteiger partial charge in [0.1, 0.15) is 0 Å². The molecule has 1 aliphatic carbocycles. The van der Waals surface area contributed by atoms with Gasteiger partial charge in [-0.1, -0.05) is 39.2 Å². The standard InChI is InChI=1S/C17H33N2P/c1-5-13-15(12-10-8-7-9-11(12)3)16(18)17(20-4)14(6-2)19-13/h6,11-17,19-20H,2,5,7-10,18H2,1,3-4H3. The fourth-order valence-corrected chi connectivity index (χ4v) is 5.88. The van der Waals surface area contributed by atoms with E-state index < -0.39 is 0 Å². The van der Waals surface area contributed by atoms with Gasteiger partial charge in [-0.05, 0) is 37.3 Å². The van der Waals surface area contributed by atoms with E-state index in [1.54, 1.807) is 0 Å². The molecule has 2 fully saturated rings. The Morgan fingerprint density at radius 3 is 2.60 bits per heavy atom. The highest BCUT2D eigenvalue weighted by atomic mass is 31.1. The lowest BCUT2D eigenvalue weighted by Gasteiger charge is -2.51. The normalized spacial score (nSPS) is 46.7. The predicted octanol–water partition coefficient (Wildman–Crippen LogP) is 3.37. The van der Waals surface area contributed by atoms with Gasteiger partial charge in [-0.15, -0.1) is 15.2 Å². The molecule has 1 aliphatic heterocycles. The largest absolute Gasteiger partial charge is 0.327 e. The molecule has 3 N–H and O–H groups in total. The molecule has 3 heteroatoms. The Kier molecular flexibility index (Phi) is 6.08. The van der Waals surface area contributed by atoms with Crippen LogP contribution in [-0.2, 0) is 0 Å². The van der Waals surface area contributed by atoms with Crippen LogP contribution in [0.3, 0.4) is 0 Å². The van der Waals surface area contributed by atoms with Gasteiger partial charge in [0.05, 0.1) is 0 Å². The summed E-state index contributed by atoms with van der Waals surface area (Å²) < 4.78 is 0. The van der Waals surface area contributed by atoms with Crippen molar-refractivity contribution in [3.05, 3.63) is 12.7 Å². The van der Waals surface area contributed by atoms with Crippen molar-refractivity contribution in [2.75, 3.05) is 6.66 Å². The van der Waals surface area contributed by atoms with Gasteiger partial charge in [0.15, 0.2) is 0 Å². The van der Waals surface area contributed by atoms with Gasteiger partial charge in [0.2, 0.25) is 0 Å². The van der Waals surface area contributed by atoms with Crippen molar-refractivity contribution in [3.8, 4) is 0 Å². The van der Waals surface area contributed by atoms with E-state index in [2.05, 4.69) is 38.5 Å². The average molecular weight is 296 g/mol. The molecule has 1 saturated carbocycles. The molecular weight excluding hydrogens is 263 g/mol. The van der Waals surface area contributed by atoms with Crippen LogP contribution in [0.25, 0.3) is 0 Å². The minimum absolute atomic E-state index is 0.345. The van der Waals surface area contributed by atoms with Crippen LogP contribution in [-0.4, -0.2) is 30.4 Å². The molecule has 2 aliphatic rings. The van der Waals surface area contributed by atoms with Gasteiger partial charge in [-0.25, -0.2) is 0 Å². The van der Waals surface area contributed by atoms with E-state index in [1.807, 2.05) is 0 Å². The van der Waals surface area contributed by atoms with Crippen molar-refractivity contribution in [1.82, 2.24) is 5.32 Å². The highest BCUT2D eigenvalue weighted by molar-refractivity contribution is 7.38. The van der Waals surface area contributed by atoms with Crippen LogP contribution in [0.15, 0.2) is 12.7 Å². The van der Waals surface area contributed by atoms with E-state index in [1.165, 1.54) is 32.1 Å². The Morgan fingerprint density at radius 2 is 2.05 bits per heavy atom. The first-order valence-corrected chi connectivity index (χ1v) is 10.0. The summed E-state index contributed by atoms with van der Waals surface area (Å²) in [4.78, 5) is 0. The van der Waals surface area contributed by atoms with Crippen LogP contribution in [0.4, 0.5) is 0 Å². The second-order valence-corrected chi connectivity index (χ2v) is 8.08. The zero-order valence-electron chi connectivity index (χ0n) is 13.4. The van der Waals surface area contributed by atoms with Gasteiger partial charge >= 0.3 is 0 Å². The summed E-state index contributed by atoms with van der Waals surface area (Å²) in [5.41, 5.74) is 7.36. The summed E-state index contributed by atoms with van der Waals surface area (Å²) in [5.74, 6) is 2.32. The third kappa shape index (κ3) is 3.13. The Labute approximate surface area is 127 Å². The molecule has 0 aromatic heterocycles. The summed E-state index contributed by atoms with van der Waals surface area (Å²) >= 11 is 0. The molecule has 2 nitrogen and oxygen atoms in total. The van der Waals surface area contributed by atoms with Crippen LogP contribution in [0.2, 0.25) is 0 Å². The van der Waals surface area contributed by atoms with E-state index in [-0.39, 0.29) is 0 Å². The van der Waals surface area contributed by atoms with Crippen LogP contribution >= 0.6 is 8.58 Å². The lowest BCUT2D eigenvalue weighted by Crippen LogP contribution is -2.65. The summed E-state index contributed by atoms with van der Waals surface area (Å²) in [5, 5.41) is 3.86. The number of hydrogen-bond acceptors (Lipinski definition) is 2. The highest BCUT2D eigenvalue weighted by Gasteiger charge is 2.45. The van der Waals surface area contributed by atoms with Crippen molar-refractivity contribution < 1.29 is 0 Å². The molecule has 1 saturated heterocycles. The monoisotopic (exact) mass is 296 g/mol. The number of rotatable bonds is 4. The van der Waals surface area contributed by atoms with Crippen LogP contribution in [0.1, 0.15) is 46.0 Å². The van der Waals surface area contributed by atoms with Gasteiger partial charge in [-0.2, -0.15) is 0 Å². The zero-order chi connectivity index (χ0) is 14.7. The van der Waals surface area contributed by atoms with Crippen LogP contribution in [0, 0.1) is 17.8 Å². The molecule has 0 aromatic rings. The van der Waals surface area contributed by atoms with Crippen molar-refractivity contribution in [1.29, 1.82) is 0 Å². The van der Waals surface area contributed by atoms with Crippen molar-refractivity contribution in [2.24, 2.45) is 23.5 Å². The summed E-state index contributed by atoms with van der Waals surface area (Å²) in [7, 11) is 0.899. The van der Waals surface area contributed by atoms with E-state index >= 15 is 0 Å². The molecular formula is C17H33N2P. The molecule has 0 bridgehead atoms. The SMILES string of the molecule is C=CC1NC(CC)C(C2CCCCC2C)C(N)C1PC. The van der Waals surface area contributed by atoms with Crippen LogP contribution < -0.4 is 11.1 Å². The van der Waals surface area contributed by atoms with E-state index in [9.17, 15) is 0 Å². The number of piperidine rings is 1. The molecule has 1 heterocycles. The maximum atomic E-state index is 6.78. The molecule has 0 aromatic carbocycles. The third-order valence-corrected chi connectivity index (χ3v) is 7.23. The highest BCUT2D eigenvalue weighted by Crippen LogP contribution is 2.43. The topological polar surface area (TPSA) is 38.0 Å². The summed E-state index contributed by atoms with van der Waals surface area (Å²) in [6.07, 6.45) is 8.87. The molecule has 8 atom stereocenters. The summed E-state index contributed by atoms with van der Waals surface area (Å²) in [6, 6.07) is 1.33. The Bertz CT molecular complexity index is 320. The van der Waals surface area contributed by atoms with Gasteiger partial charge < -0.3 is 11.1 Å². The molecule has 8 unspecified atom stereocenters. The van der Waals surface area contributed by atoms with Crippen molar-refractivity contribution >= 4 is 8.58 Å². The van der Waals surface area contributed by atoms with Gasteiger partial charge in [-0.3, -0.25) is 0 Å². The minimum Gasteiger partial charge on any atom is -0.327 e. The average Bonchev–Trinajstić information content (AvgIpc) is 2.47. The van der Waals surface area contributed by atoms with Gasteiger partial charge in [0.25, 0.3) is 0 Å². The third-order valence-electron chi connectivity index (χ3n) is 5.82. The smallest absolute Gasteiger partial charge is 0.0330 e. The van der Waals surface area contributed by atoms with Crippen molar-refractivity contribution in [3.63, 3.8) is 0 Å². The predicted molar refractivity (Wildman–Crippen MR) is 91.8 cm³/mol. The van der Waals surface area contributed by atoms with E-state index in [4.69, 9.17) is 5.73 Å². The summed E-state index contributed by atoms with van der Waals surface area (Å²) in [6.45, 7) is 11.1. The number of nitrogens with two attached hydrogens (primary N) is 1. The quantitative estimate of drug-likeness (QED) is 0.616. The maximum Gasteiger partial charge on any atom is 0.0330 e. The number of hydrogen-bond donors (Lipinski definition) is 2. The Hall–Kier alpha value is 0.0900. The Morgan fingerprint density at radius 1 is 1.35 bits per heavy atom. The molecule has 116 valence electrons. The maximum absolute atomic E-state index is 6.78. The second kappa shape index (κ2) is 7.38. The molecule has 2 rings (SSSR count). The molecule has 20 heavy (non-hydrogen) atoms. The second-order valence-electron chi connectivity index (χ2n) is 6.84. The first-order chi connectivity index (χ1) is 9.63. The first kappa shape index (κ1) is 16.5. The van der Waals surface area contributed by atoms with Gasteiger partial charge in [0, 0.05) is 23.8 Å². The van der Waals surface area contributed by atoms with Crippen LogP contribution in [0.5, 0.6) is 0 Å². The molecule has 0 amide bonds. The molecule has 0 spiro atoms. The van der Waals surface area contributed by atoms with E-state index in [0.717, 1.165) is 20.4 Å². The fraction of sp³-hybridized carbons (Fsp3) is 0.882. The number of nitrogens with one attached hydrogen (secondary N) is 1. The zero-order valence-corrected chi connectivity index (χ0v) is 14.4. The minimum atomic E-state index is 0.345.